The van der Waals surface area contributed by atoms with Crippen LogP contribution in [0, 0.1) is 0 Å². The minimum atomic E-state index is -0.0168. The second kappa shape index (κ2) is 5.49. The number of pyridine rings is 1. The Balaban J connectivity index is 1.75. The van der Waals surface area contributed by atoms with Gasteiger partial charge < -0.3 is 4.57 Å². The number of benzene rings is 1. The van der Waals surface area contributed by atoms with Crippen molar-refractivity contribution in [2.75, 3.05) is 0 Å². The second-order valence-corrected chi connectivity index (χ2v) is 5.18. The van der Waals surface area contributed by atoms with Gasteiger partial charge in [-0.3, -0.25) is 4.79 Å². The summed E-state index contributed by atoms with van der Waals surface area (Å²) in [5, 5.41) is 13.0. The van der Waals surface area contributed by atoms with Crippen molar-refractivity contribution in [2.45, 2.75) is 6.54 Å². The molecule has 0 unspecified atom stereocenters. The minimum absolute atomic E-state index is 0.0168. The normalized spacial score (nSPS) is 11.0. The SMILES string of the molecule is O=c1ccn(Cc2nnc3ccc(-c4ccccc4)nn23)cc1. The summed E-state index contributed by atoms with van der Waals surface area (Å²) in [6.45, 7) is 0.493. The Morgan fingerprint density at radius 3 is 2.43 bits per heavy atom. The quantitative estimate of drug-likeness (QED) is 0.580. The first-order valence-electron chi connectivity index (χ1n) is 7.22. The molecule has 3 aromatic heterocycles. The van der Waals surface area contributed by atoms with Gasteiger partial charge in [0.2, 0.25) is 0 Å². The summed E-state index contributed by atoms with van der Waals surface area (Å²) >= 11 is 0. The molecule has 6 nitrogen and oxygen atoms in total. The molecule has 0 saturated heterocycles. The van der Waals surface area contributed by atoms with E-state index >= 15 is 0 Å². The molecular formula is C17H13N5O. The summed E-state index contributed by atoms with van der Waals surface area (Å²) < 4.78 is 3.61. The van der Waals surface area contributed by atoms with E-state index in [0.717, 1.165) is 11.3 Å². The first-order chi connectivity index (χ1) is 11.3. The fraction of sp³-hybridized carbons (Fsp3) is 0.0588. The van der Waals surface area contributed by atoms with Gasteiger partial charge in [0.25, 0.3) is 0 Å². The third kappa shape index (κ3) is 2.62. The zero-order valence-corrected chi connectivity index (χ0v) is 12.2. The molecule has 0 fully saturated rings. The zero-order valence-electron chi connectivity index (χ0n) is 12.2. The van der Waals surface area contributed by atoms with Crippen LogP contribution in [0.3, 0.4) is 0 Å². The molecule has 0 aliphatic heterocycles. The lowest BCUT2D eigenvalue weighted by atomic mass is 10.1. The highest BCUT2D eigenvalue weighted by molar-refractivity contribution is 5.59. The van der Waals surface area contributed by atoms with Crippen LogP contribution in [0.2, 0.25) is 0 Å². The van der Waals surface area contributed by atoms with Crippen LogP contribution < -0.4 is 5.43 Å². The van der Waals surface area contributed by atoms with Gasteiger partial charge in [0, 0.05) is 30.1 Å². The largest absolute Gasteiger partial charge is 0.346 e. The predicted molar refractivity (Wildman–Crippen MR) is 86.0 cm³/mol. The summed E-state index contributed by atoms with van der Waals surface area (Å²) in [6.07, 6.45) is 3.45. The molecule has 0 aliphatic carbocycles. The molecule has 0 amide bonds. The van der Waals surface area contributed by atoms with Gasteiger partial charge in [-0.1, -0.05) is 30.3 Å². The van der Waals surface area contributed by atoms with Gasteiger partial charge in [0.05, 0.1) is 12.2 Å². The van der Waals surface area contributed by atoms with Crippen LogP contribution in [-0.2, 0) is 6.54 Å². The van der Waals surface area contributed by atoms with E-state index in [1.165, 1.54) is 12.1 Å². The monoisotopic (exact) mass is 303 g/mol. The van der Waals surface area contributed by atoms with Crippen LogP contribution >= 0.6 is 0 Å². The van der Waals surface area contributed by atoms with Crippen molar-refractivity contribution in [1.29, 1.82) is 0 Å². The summed E-state index contributed by atoms with van der Waals surface area (Å²) in [7, 11) is 0. The maximum atomic E-state index is 11.2. The van der Waals surface area contributed by atoms with Crippen molar-refractivity contribution in [2.24, 2.45) is 0 Å². The minimum Gasteiger partial charge on any atom is -0.346 e. The smallest absolute Gasteiger partial charge is 0.181 e. The van der Waals surface area contributed by atoms with Crippen LogP contribution in [0.15, 0.2) is 71.8 Å². The van der Waals surface area contributed by atoms with Gasteiger partial charge in [-0.15, -0.1) is 10.2 Å². The highest BCUT2D eigenvalue weighted by atomic mass is 16.1. The highest BCUT2D eigenvalue weighted by Crippen LogP contribution is 2.16. The molecule has 112 valence electrons. The number of fused-ring (bicyclic) bond motifs is 1. The Morgan fingerprint density at radius 2 is 1.65 bits per heavy atom. The number of rotatable bonds is 3. The molecule has 1 aromatic carbocycles. The van der Waals surface area contributed by atoms with E-state index in [1.807, 2.05) is 47.0 Å². The molecule has 0 saturated carbocycles. The molecule has 0 atom stereocenters. The molecule has 0 spiro atoms. The first-order valence-corrected chi connectivity index (χ1v) is 7.22. The molecule has 0 N–H and O–H groups in total. The topological polar surface area (TPSA) is 65.1 Å². The van der Waals surface area contributed by atoms with Gasteiger partial charge in [0.1, 0.15) is 0 Å². The highest BCUT2D eigenvalue weighted by Gasteiger charge is 2.08. The summed E-state index contributed by atoms with van der Waals surface area (Å²) in [5.41, 5.74) is 2.58. The van der Waals surface area contributed by atoms with Crippen LogP contribution in [0.1, 0.15) is 5.82 Å². The van der Waals surface area contributed by atoms with E-state index < -0.39 is 0 Å². The molecule has 4 rings (SSSR count). The Morgan fingerprint density at radius 1 is 0.870 bits per heavy atom. The predicted octanol–water partition coefficient (Wildman–Crippen LogP) is 2.00. The summed E-state index contributed by atoms with van der Waals surface area (Å²) in [6, 6.07) is 16.8. The Kier molecular flexibility index (Phi) is 3.20. The molecule has 23 heavy (non-hydrogen) atoms. The lowest BCUT2D eigenvalue weighted by molar-refractivity contribution is 0.703. The van der Waals surface area contributed by atoms with Crippen molar-refractivity contribution in [3.8, 4) is 11.3 Å². The number of nitrogens with zero attached hydrogens (tertiary/aromatic N) is 5. The molecule has 6 heteroatoms. The van der Waals surface area contributed by atoms with Crippen LogP contribution in [0.25, 0.3) is 16.9 Å². The Labute approximate surface area is 131 Å². The van der Waals surface area contributed by atoms with Crippen LogP contribution in [-0.4, -0.2) is 24.4 Å². The fourth-order valence-electron chi connectivity index (χ4n) is 2.41. The van der Waals surface area contributed by atoms with E-state index in [0.29, 0.717) is 18.0 Å². The lowest BCUT2D eigenvalue weighted by Crippen LogP contribution is -2.08. The van der Waals surface area contributed by atoms with Crippen molar-refractivity contribution < 1.29 is 0 Å². The molecular weight excluding hydrogens is 290 g/mol. The molecule has 0 aliphatic rings. The van der Waals surface area contributed by atoms with Gasteiger partial charge in [-0.2, -0.15) is 9.61 Å². The lowest BCUT2D eigenvalue weighted by Gasteiger charge is -2.05. The van der Waals surface area contributed by atoms with E-state index in [1.54, 1.807) is 16.9 Å². The third-order valence-electron chi connectivity index (χ3n) is 3.58. The van der Waals surface area contributed by atoms with Crippen LogP contribution in [0.4, 0.5) is 0 Å². The van der Waals surface area contributed by atoms with E-state index in [9.17, 15) is 4.79 Å². The summed E-state index contributed by atoms with van der Waals surface area (Å²) in [4.78, 5) is 11.2. The molecule has 0 bridgehead atoms. The van der Waals surface area contributed by atoms with Crippen molar-refractivity contribution >= 4 is 5.65 Å². The number of hydrogen-bond donors (Lipinski definition) is 0. The average Bonchev–Trinajstić information content (AvgIpc) is 3.00. The van der Waals surface area contributed by atoms with Crippen molar-refractivity contribution in [3.63, 3.8) is 0 Å². The van der Waals surface area contributed by atoms with Crippen LogP contribution in [0.5, 0.6) is 0 Å². The third-order valence-corrected chi connectivity index (χ3v) is 3.58. The maximum absolute atomic E-state index is 11.2. The standard InChI is InChI=1S/C17H13N5O/c23-14-8-10-21(11-9-14)12-17-19-18-16-7-6-15(20-22(16)17)13-4-2-1-3-5-13/h1-11H,12H2. The van der Waals surface area contributed by atoms with E-state index in [-0.39, 0.29) is 5.43 Å². The number of aromatic nitrogens is 5. The van der Waals surface area contributed by atoms with E-state index in [4.69, 9.17) is 0 Å². The van der Waals surface area contributed by atoms with Gasteiger partial charge >= 0.3 is 0 Å². The fourth-order valence-corrected chi connectivity index (χ4v) is 2.41. The van der Waals surface area contributed by atoms with Gasteiger partial charge in [-0.05, 0) is 12.1 Å². The average molecular weight is 303 g/mol. The maximum Gasteiger partial charge on any atom is 0.181 e. The zero-order chi connectivity index (χ0) is 15.6. The van der Waals surface area contributed by atoms with Crippen molar-refractivity contribution in [1.82, 2.24) is 24.4 Å². The van der Waals surface area contributed by atoms with Gasteiger partial charge in [-0.25, -0.2) is 0 Å². The Hall–Kier alpha value is -3.28. The van der Waals surface area contributed by atoms with Gasteiger partial charge in [0.15, 0.2) is 16.9 Å². The molecule has 3 heterocycles. The van der Waals surface area contributed by atoms with E-state index in [2.05, 4.69) is 15.3 Å². The van der Waals surface area contributed by atoms with Crippen molar-refractivity contribution in [3.05, 3.63) is 83.0 Å². The molecule has 0 radical (unpaired) electrons. The molecule has 4 aromatic rings. The Bertz CT molecular complexity index is 1000. The second-order valence-electron chi connectivity index (χ2n) is 5.18. The first kappa shape index (κ1) is 13.4. The number of hydrogen-bond acceptors (Lipinski definition) is 4. The summed E-state index contributed by atoms with van der Waals surface area (Å²) in [5.74, 6) is 0.710.